The van der Waals surface area contributed by atoms with Crippen LogP contribution in [-0.2, 0) is 0 Å². The van der Waals surface area contributed by atoms with Gasteiger partial charge in [0.05, 0.1) is 5.60 Å². The molecule has 0 saturated heterocycles. The van der Waals surface area contributed by atoms with Crippen LogP contribution in [-0.4, -0.2) is 17.3 Å². The van der Waals surface area contributed by atoms with Crippen LogP contribution in [0.4, 0.5) is 4.39 Å². The number of ether oxygens (including phenoxy) is 1. The average molecular weight is 210 g/mol. The van der Waals surface area contributed by atoms with E-state index in [4.69, 9.17) is 4.74 Å². The lowest BCUT2D eigenvalue weighted by Crippen LogP contribution is -2.42. The Labute approximate surface area is 88.7 Å². The molecular formula is C12H15FO2. The molecule has 1 aliphatic rings. The van der Waals surface area contributed by atoms with Crippen molar-refractivity contribution < 1.29 is 14.2 Å². The number of aliphatic hydroxyl groups is 1. The molecule has 82 valence electrons. The molecule has 0 aromatic heterocycles. The first kappa shape index (κ1) is 10.4. The van der Waals surface area contributed by atoms with Crippen LogP contribution in [0.2, 0.25) is 0 Å². The summed E-state index contributed by atoms with van der Waals surface area (Å²) in [5.74, 6) is 0.214. The first-order valence-corrected chi connectivity index (χ1v) is 5.20. The van der Waals surface area contributed by atoms with E-state index >= 15 is 0 Å². The van der Waals surface area contributed by atoms with Crippen LogP contribution in [0.1, 0.15) is 24.8 Å². The molecule has 0 aliphatic heterocycles. The van der Waals surface area contributed by atoms with E-state index in [1.54, 1.807) is 6.07 Å². The maximum atomic E-state index is 12.9. The number of benzene rings is 1. The van der Waals surface area contributed by atoms with Crippen molar-refractivity contribution in [2.45, 2.75) is 31.8 Å². The Morgan fingerprint density at radius 2 is 2.20 bits per heavy atom. The molecule has 1 N–H and O–H groups in total. The highest BCUT2D eigenvalue weighted by Crippen LogP contribution is 2.32. The lowest BCUT2D eigenvalue weighted by Gasteiger charge is -2.36. The average Bonchev–Trinajstić information content (AvgIpc) is 2.17. The van der Waals surface area contributed by atoms with Crippen molar-refractivity contribution in [3.8, 4) is 5.75 Å². The zero-order valence-corrected chi connectivity index (χ0v) is 8.79. The van der Waals surface area contributed by atoms with Crippen LogP contribution >= 0.6 is 0 Å². The van der Waals surface area contributed by atoms with Gasteiger partial charge in [-0.25, -0.2) is 4.39 Å². The Kier molecular flexibility index (Phi) is 2.65. The minimum absolute atomic E-state index is 0.261. The highest BCUT2D eigenvalue weighted by Gasteiger charge is 2.35. The molecule has 1 aromatic rings. The van der Waals surface area contributed by atoms with Gasteiger partial charge >= 0.3 is 0 Å². The van der Waals surface area contributed by atoms with Crippen LogP contribution < -0.4 is 4.74 Å². The summed E-state index contributed by atoms with van der Waals surface area (Å²) in [4.78, 5) is 0. The fourth-order valence-corrected chi connectivity index (χ4v) is 1.67. The number of hydrogen-bond donors (Lipinski definition) is 1. The Bertz CT molecular complexity index is 359. The molecule has 0 spiro atoms. The molecular weight excluding hydrogens is 195 g/mol. The Balaban J connectivity index is 2.01. The summed E-state index contributed by atoms with van der Waals surface area (Å²) < 4.78 is 18.4. The third-order valence-electron chi connectivity index (χ3n) is 2.93. The van der Waals surface area contributed by atoms with Gasteiger partial charge in [0, 0.05) is 6.07 Å². The first-order chi connectivity index (χ1) is 7.09. The van der Waals surface area contributed by atoms with E-state index in [0.29, 0.717) is 5.75 Å². The quantitative estimate of drug-likeness (QED) is 0.830. The predicted octanol–water partition coefficient (Wildman–Crippen LogP) is 2.43. The predicted molar refractivity (Wildman–Crippen MR) is 55.4 cm³/mol. The van der Waals surface area contributed by atoms with Gasteiger partial charge in [0.15, 0.2) is 0 Å². The molecule has 15 heavy (non-hydrogen) atoms. The van der Waals surface area contributed by atoms with Gasteiger partial charge in [0.25, 0.3) is 0 Å². The van der Waals surface area contributed by atoms with Gasteiger partial charge in [-0.1, -0.05) is 6.07 Å². The summed E-state index contributed by atoms with van der Waals surface area (Å²) in [7, 11) is 0. The third kappa shape index (κ3) is 2.29. The van der Waals surface area contributed by atoms with Crippen molar-refractivity contribution in [1.82, 2.24) is 0 Å². The molecule has 2 nitrogen and oxygen atoms in total. The SMILES string of the molecule is Cc1ccc(F)cc1OCC1(O)CCC1. The summed E-state index contributed by atoms with van der Waals surface area (Å²) in [5.41, 5.74) is 0.206. The molecule has 2 rings (SSSR count). The largest absolute Gasteiger partial charge is 0.490 e. The molecule has 0 amide bonds. The van der Waals surface area contributed by atoms with E-state index < -0.39 is 5.60 Å². The number of halogens is 1. The number of aryl methyl sites for hydroxylation is 1. The summed E-state index contributed by atoms with van der Waals surface area (Å²) in [6.45, 7) is 2.12. The fourth-order valence-electron chi connectivity index (χ4n) is 1.67. The van der Waals surface area contributed by atoms with Crippen LogP contribution in [0.5, 0.6) is 5.75 Å². The van der Waals surface area contributed by atoms with Crippen LogP contribution in [0, 0.1) is 12.7 Å². The fraction of sp³-hybridized carbons (Fsp3) is 0.500. The molecule has 0 unspecified atom stereocenters. The number of hydrogen-bond acceptors (Lipinski definition) is 2. The summed E-state index contributed by atoms with van der Waals surface area (Å²) >= 11 is 0. The molecule has 0 heterocycles. The van der Waals surface area contributed by atoms with E-state index in [1.165, 1.54) is 12.1 Å². The lowest BCUT2D eigenvalue weighted by molar-refractivity contribution is -0.0665. The van der Waals surface area contributed by atoms with Gasteiger partial charge in [-0.15, -0.1) is 0 Å². The summed E-state index contributed by atoms with van der Waals surface area (Å²) in [6, 6.07) is 4.44. The van der Waals surface area contributed by atoms with Crippen molar-refractivity contribution in [3.05, 3.63) is 29.6 Å². The van der Waals surface area contributed by atoms with Crippen molar-refractivity contribution in [1.29, 1.82) is 0 Å². The second kappa shape index (κ2) is 3.81. The van der Waals surface area contributed by atoms with Gasteiger partial charge in [-0.3, -0.25) is 0 Å². The maximum absolute atomic E-state index is 12.9. The number of rotatable bonds is 3. The molecule has 0 atom stereocenters. The zero-order valence-electron chi connectivity index (χ0n) is 8.79. The smallest absolute Gasteiger partial charge is 0.126 e. The molecule has 0 bridgehead atoms. The monoisotopic (exact) mass is 210 g/mol. The van der Waals surface area contributed by atoms with Crippen LogP contribution in [0.3, 0.4) is 0 Å². The van der Waals surface area contributed by atoms with E-state index in [1.807, 2.05) is 6.92 Å². The van der Waals surface area contributed by atoms with Crippen molar-refractivity contribution in [3.63, 3.8) is 0 Å². The van der Waals surface area contributed by atoms with Gasteiger partial charge < -0.3 is 9.84 Å². The van der Waals surface area contributed by atoms with E-state index in [2.05, 4.69) is 0 Å². The normalized spacial score (nSPS) is 18.3. The summed E-state index contributed by atoms with van der Waals surface area (Å²) in [6.07, 6.45) is 2.60. The van der Waals surface area contributed by atoms with Crippen molar-refractivity contribution in [2.75, 3.05) is 6.61 Å². The molecule has 1 aliphatic carbocycles. The zero-order chi connectivity index (χ0) is 10.9. The van der Waals surface area contributed by atoms with Crippen molar-refractivity contribution in [2.24, 2.45) is 0 Å². The van der Waals surface area contributed by atoms with E-state index in [0.717, 1.165) is 24.8 Å². The van der Waals surface area contributed by atoms with Gasteiger partial charge in [0.1, 0.15) is 18.2 Å². The maximum Gasteiger partial charge on any atom is 0.126 e. The third-order valence-corrected chi connectivity index (χ3v) is 2.93. The standard InChI is InChI=1S/C12H15FO2/c1-9-3-4-10(13)7-11(9)15-8-12(14)5-2-6-12/h3-4,7,14H,2,5-6,8H2,1H3. The molecule has 1 fully saturated rings. The minimum Gasteiger partial charge on any atom is -0.490 e. The second-order valence-corrected chi connectivity index (χ2v) is 4.28. The molecule has 1 aromatic carbocycles. The second-order valence-electron chi connectivity index (χ2n) is 4.28. The topological polar surface area (TPSA) is 29.5 Å². The van der Waals surface area contributed by atoms with Crippen LogP contribution in [0.25, 0.3) is 0 Å². The van der Waals surface area contributed by atoms with E-state index in [-0.39, 0.29) is 12.4 Å². The Hall–Kier alpha value is -1.09. The van der Waals surface area contributed by atoms with Gasteiger partial charge in [-0.05, 0) is 37.8 Å². The van der Waals surface area contributed by atoms with E-state index in [9.17, 15) is 9.50 Å². The first-order valence-electron chi connectivity index (χ1n) is 5.20. The Morgan fingerprint density at radius 3 is 2.80 bits per heavy atom. The molecule has 3 heteroatoms. The lowest BCUT2D eigenvalue weighted by atomic mass is 9.81. The molecule has 0 radical (unpaired) electrons. The highest BCUT2D eigenvalue weighted by molar-refractivity contribution is 5.32. The van der Waals surface area contributed by atoms with Gasteiger partial charge in [-0.2, -0.15) is 0 Å². The summed E-state index contributed by atoms with van der Waals surface area (Å²) in [5, 5.41) is 9.81. The minimum atomic E-state index is -0.682. The van der Waals surface area contributed by atoms with Gasteiger partial charge in [0.2, 0.25) is 0 Å². The Morgan fingerprint density at radius 1 is 1.47 bits per heavy atom. The highest BCUT2D eigenvalue weighted by atomic mass is 19.1. The van der Waals surface area contributed by atoms with Crippen LogP contribution in [0.15, 0.2) is 18.2 Å². The molecule has 1 saturated carbocycles. The van der Waals surface area contributed by atoms with Crippen molar-refractivity contribution >= 4 is 0 Å².